The summed E-state index contributed by atoms with van der Waals surface area (Å²) < 4.78 is 2.02. The maximum absolute atomic E-state index is 5.95. The Kier molecular flexibility index (Phi) is 4.78. The van der Waals surface area contributed by atoms with Gasteiger partial charge in [-0.1, -0.05) is 13.3 Å². The molecule has 102 valence electrons. The van der Waals surface area contributed by atoms with Crippen molar-refractivity contribution in [1.29, 1.82) is 0 Å². The fraction of sp³-hybridized carbons (Fsp3) is 0.786. The molecule has 0 radical (unpaired) electrons. The normalized spacial score (nSPS) is 18.0. The van der Waals surface area contributed by atoms with Crippen LogP contribution in [-0.2, 0) is 6.54 Å². The second-order valence-corrected chi connectivity index (χ2v) is 5.52. The minimum Gasteiger partial charge on any atom is -0.329 e. The van der Waals surface area contributed by atoms with E-state index in [1.165, 1.54) is 31.4 Å². The molecule has 4 heteroatoms. The van der Waals surface area contributed by atoms with Crippen molar-refractivity contribution in [2.75, 3.05) is 20.1 Å². The maximum atomic E-state index is 5.95. The molecule has 1 unspecified atom stereocenters. The van der Waals surface area contributed by atoms with Gasteiger partial charge in [0, 0.05) is 37.4 Å². The van der Waals surface area contributed by atoms with Gasteiger partial charge >= 0.3 is 0 Å². The zero-order valence-electron chi connectivity index (χ0n) is 11.7. The molecule has 1 aliphatic rings. The van der Waals surface area contributed by atoms with Crippen LogP contribution in [0.15, 0.2) is 12.4 Å². The van der Waals surface area contributed by atoms with Crippen molar-refractivity contribution in [1.82, 2.24) is 14.7 Å². The van der Waals surface area contributed by atoms with Crippen LogP contribution in [0.4, 0.5) is 0 Å². The second kappa shape index (κ2) is 6.34. The molecule has 0 spiro atoms. The molecule has 0 saturated heterocycles. The van der Waals surface area contributed by atoms with Crippen LogP contribution in [0.1, 0.15) is 44.2 Å². The van der Waals surface area contributed by atoms with Gasteiger partial charge in [-0.05, 0) is 32.2 Å². The van der Waals surface area contributed by atoms with E-state index in [9.17, 15) is 0 Å². The Morgan fingerprint density at radius 2 is 2.33 bits per heavy atom. The van der Waals surface area contributed by atoms with Crippen LogP contribution in [-0.4, -0.2) is 34.8 Å². The predicted molar refractivity (Wildman–Crippen MR) is 74.3 cm³/mol. The molecule has 1 aliphatic carbocycles. The van der Waals surface area contributed by atoms with E-state index in [-0.39, 0.29) is 0 Å². The molecular formula is C14H26N4. The molecule has 1 heterocycles. The molecule has 1 aromatic rings. The quantitative estimate of drug-likeness (QED) is 0.805. The highest BCUT2D eigenvalue weighted by Gasteiger charge is 2.24. The molecule has 1 aromatic heterocycles. The lowest BCUT2D eigenvalue weighted by Gasteiger charge is -2.34. The third-order valence-electron chi connectivity index (χ3n) is 4.02. The van der Waals surface area contributed by atoms with E-state index in [2.05, 4.69) is 30.2 Å². The molecule has 4 nitrogen and oxygen atoms in total. The molecule has 0 aliphatic heterocycles. The Labute approximate surface area is 110 Å². The predicted octanol–water partition coefficient (Wildman–Crippen LogP) is 2.02. The maximum Gasteiger partial charge on any atom is 0.0538 e. The van der Waals surface area contributed by atoms with E-state index >= 15 is 0 Å². The molecular weight excluding hydrogens is 224 g/mol. The number of rotatable bonds is 7. The van der Waals surface area contributed by atoms with Crippen LogP contribution >= 0.6 is 0 Å². The smallest absolute Gasteiger partial charge is 0.0538 e. The highest BCUT2D eigenvalue weighted by atomic mass is 15.3. The van der Waals surface area contributed by atoms with Crippen molar-refractivity contribution in [2.45, 2.75) is 45.2 Å². The van der Waals surface area contributed by atoms with Crippen LogP contribution in [0.5, 0.6) is 0 Å². The van der Waals surface area contributed by atoms with Crippen LogP contribution < -0.4 is 5.73 Å². The van der Waals surface area contributed by atoms with E-state index in [1.807, 2.05) is 10.9 Å². The Hall–Kier alpha value is -0.870. The van der Waals surface area contributed by atoms with Gasteiger partial charge in [-0.3, -0.25) is 9.58 Å². The fourth-order valence-corrected chi connectivity index (χ4v) is 2.68. The van der Waals surface area contributed by atoms with Crippen molar-refractivity contribution in [2.24, 2.45) is 11.7 Å². The lowest BCUT2D eigenvalue weighted by atomic mass is 9.85. The summed E-state index contributed by atoms with van der Waals surface area (Å²) in [6, 6.07) is 0.316. The molecule has 1 atom stereocenters. The van der Waals surface area contributed by atoms with Gasteiger partial charge < -0.3 is 5.73 Å². The van der Waals surface area contributed by atoms with Gasteiger partial charge in [0.15, 0.2) is 0 Å². The summed E-state index contributed by atoms with van der Waals surface area (Å²) in [5.41, 5.74) is 7.20. The van der Waals surface area contributed by atoms with E-state index in [1.54, 1.807) is 0 Å². The van der Waals surface area contributed by atoms with E-state index < -0.39 is 0 Å². The summed E-state index contributed by atoms with van der Waals surface area (Å²) in [4.78, 5) is 2.40. The first kappa shape index (κ1) is 13.6. The molecule has 0 bridgehead atoms. The lowest BCUT2D eigenvalue weighted by Crippen LogP contribution is -2.36. The summed E-state index contributed by atoms with van der Waals surface area (Å²) in [7, 11) is 2.19. The zero-order chi connectivity index (χ0) is 13.0. The number of likely N-dealkylation sites (N-methyl/N-ethyl adjacent to an activating group) is 1. The Balaban J connectivity index is 1.96. The molecule has 1 saturated carbocycles. The Bertz CT molecular complexity index is 356. The second-order valence-electron chi connectivity index (χ2n) is 5.52. The third-order valence-corrected chi connectivity index (χ3v) is 4.02. The first-order valence-electron chi connectivity index (χ1n) is 7.17. The first-order chi connectivity index (χ1) is 8.74. The Morgan fingerprint density at radius 1 is 1.56 bits per heavy atom. The van der Waals surface area contributed by atoms with Crippen LogP contribution in [0.3, 0.4) is 0 Å². The summed E-state index contributed by atoms with van der Waals surface area (Å²) >= 11 is 0. The van der Waals surface area contributed by atoms with Gasteiger partial charge in [0.1, 0.15) is 0 Å². The number of aryl methyl sites for hydroxylation is 1. The number of nitrogens with zero attached hydrogens (tertiary/aromatic N) is 3. The van der Waals surface area contributed by atoms with Gasteiger partial charge in [0.2, 0.25) is 0 Å². The van der Waals surface area contributed by atoms with Crippen LogP contribution in [0, 0.1) is 5.92 Å². The van der Waals surface area contributed by atoms with Crippen molar-refractivity contribution in [3.63, 3.8) is 0 Å². The summed E-state index contributed by atoms with van der Waals surface area (Å²) in [6.07, 6.45) is 9.42. The standard InChI is InChI=1S/C14H26N4/c1-3-7-18-11-13(9-16-18)14(8-15)17(2)10-12-5-4-6-12/h9,11-12,14H,3-8,10,15H2,1-2H3. The number of hydrogen-bond donors (Lipinski definition) is 1. The van der Waals surface area contributed by atoms with Crippen molar-refractivity contribution in [3.8, 4) is 0 Å². The zero-order valence-corrected chi connectivity index (χ0v) is 11.7. The summed E-state index contributed by atoms with van der Waals surface area (Å²) in [5.74, 6) is 0.884. The van der Waals surface area contributed by atoms with Crippen molar-refractivity contribution in [3.05, 3.63) is 18.0 Å². The highest BCUT2D eigenvalue weighted by molar-refractivity contribution is 5.11. The molecule has 2 rings (SSSR count). The van der Waals surface area contributed by atoms with Crippen LogP contribution in [0.25, 0.3) is 0 Å². The lowest BCUT2D eigenvalue weighted by molar-refractivity contribution is 0.165. The van der Waals surface area contributed by atoms with E-state index in [0.29, 0.717) is 12.6 Å². The largest absolute Gasteiger partial charge is 0.329 e. The van der Waals surface area contributed by atoms with Gasteiger partial charge in [-0.25, -0.2) is 0 Å². The molecule has 2 N–H and O–H groups in total. The summed E-state index contributed by atoms with van der Waals surface area (Å²) in [6.45, 7) is 5.00. The minimum absolute atomic E-state index is 0.316. The summed E-state index contributed by atoms with van der Waals surface area (Å²) in [5, 5.41) is 4.40. The molecule has 0 amide bonds. The highest BCUT2D eigenvalue weighted by Crippen LogP contribution is 2.29. The SMILES string of the molecule is CCCn1cc(C(CN)N(C)CC2CCC2)cn1. The fourth-order valence-electron chi connectivity index (χ4n) is 2.68. The molecule has 0 aromatic carbocycles. The average molecular weight is 250 g/mol. The van der Waals surface area contributed by atoms with Crippen molar-refractivity contribution >= 4 is 0 Å². The van der Waals surface area contributed by atoms with Crippen LogP contribution in [0.2, 0.25) is 0 Å². The monoisotopic (exact) mass is 250 g/mol. The van der Waals surface area contributed by atoms with E-state index in [0.717, 1.165) is 18.9 Å². The first-order valence-corrected chi connectivity index (χ1v) is 7.17. The number of nitrogens with two attached hydrogens (primary N) is 1. The van der Waals surface area contributed by atoms with Gasteiger partial charge in [-0.15, -0.1) is 0 Å². The number of hydrogen-bond acceptors (Lipinski definition) is 3. The third kappa shape index (κ3) is 3.12. The Morgan fingerprint density at radius 3 is 2.89 bits per heavy atom. The van der Waals surface area contributed by atoms with Gasteiger partial charge in [0.05, 0.1) is 6.20 Å². The average Bonchev–Trinajstić information content (AvgIpc) is 2.74. The molecule has 1 fully saturated rings. The number of aromatic nitrogens is 2. The van der Waals surface area contributed by atoms with Crippen molar-refractivity contribution < 1.29 is 0 Å². The van der Waals surface area contributed by atoms with E-state index in [4.69, 9.17) is 5.73 Å². The topological polar surface area (TPSA) is 47.1 Å². The minimum atomic E-state index is 0.316. The van der Waals surface area contributed by atoms with Gasteiger partial charge in [-0.2, -0.15) is 5.10 Å². The molecule has 18 heavy (non-hydrogen) atoms. The van der Waals surface area contributed by atoms with Gasteiger partial charge in [0.25, 0.3) is 0 Å².